The average molecular weight is 318 g/mol. The molecule has 1 N–H and O–H groups in total. The van der Waals surface area contributed by atoms with E-state index in [0.717, 1.165) is 11.3 Å². The number of nitrogens with one attached hydrogen (secondary N) is 1. The summed E-state index contributed by atoms with van der Waals surface area (Å²) in [5.74, 6) is -1.20. The van der Waals surface area contributed by atoms with Crippen LogP contribution >= 0.6 is 11.6 Å². The van der Waals surface area contributed by atoms with Crippen LogP contribution in [0.3, 0.4) is 0 Å². The number of aromatic nitrogens is 2. The second-order valence-corrected chi connectivity index (χ2v) is 5.31. The van der Waals surface area contributed by atoms with Gasteiger partial charge in [0.05, 0.1) is 22.8 Å². The van der Waals surface area contributed by atoms with Crippen molar-refractivity contribution in [3.8, 4) is 0 Å². The third kappa shape index (κ3) is 2.67. The van der Waals surface area contributed by atoms with Crippen molar-refractivity contribution in [2.24, 2.45) is 0 Å². The molecule has 3 aromatic rings. The van der Waals surface area contributed by atoms with Crippen molar-refractivity contribution in [2.45, 2.75) is 13.5 Å². The van der Waals surface area contributed by atoms with Gasteiger partial charge >= 0.3 is 0 Å². The standard InChI is InChI=1S/C16H13ClFN3O/c1-10-4-2-7-14-20-11(9-21(10)14)8-19-16(22)15-12(17)5-3-6-13(15)18/h2-7,9H,8H2,1H3,(H,19,22). The minimum absolute atomic E-state index is 0.0864. The molecule has 0 bridgehead atoms. The molecule has 2 aromatic heterocycles. The number of nitrogens with zero attached hydrogens (tertiary/aromatic N) is 2. The van der Waals surface area contributed by atoms with Crippen LogP contribution in [0.5, 0.6) is 0 Å². The molecule has 0 saturated heterocycles. The molecule has 0 atom stereocenters. The van der Waals surface area contributed by atoms with Crippen molar-refractivity contribution >= 4 is 23.2 Å². The van der Waals surface area contributed by atoms with E-state index in [1.165, 1.54) is 18.2 Å². The average Bonchev–Trinajstić information content (AvgIpc) is 2.89. The Morgan fingerprint density at radius 3 is 2.82 bits per heavy atom. The van der Waals surface area contributed by atoms with Crippen LogP contribution in [0.1, 0.15) is 21.7 Å². The monoisotopic (exact) mass is 317 g/mol. The molecule has 0 aliphatic heterocycles. The van der Waals surface area contributed by atoms with Gasteiger partial charge in [-0.05, 0) is 31.2 Å². The van der Waals surface area contributed by atoms with E-state index in [9.17, 15) is 9.18 Å². The fourth-order valence-electron chi connectivity index (χ4n) is 2.26. The lowest BCUT2D eigenvalue weighted by Crippen LogP contribution is -2.24. The molecule has 0 aliphatic rings. The predicted octanol–water partition coefficient (Wildman–Crippen LogP) is 3.37. The van der Waals surface area contributed by atoms with Gasteiger partial charge in [-0.1, -0.05) is 23.7 Å². The summed E-state index contributed by atoms with van der Waals surface area (Å²) in [7, 11) is 0. The van der Waals surface area contributed by atoms with Crippen LogP contribution in [0.15, 0.2) is 42.6 Å². The minimum atomic E-state index is -0.643. The van der Waals surface area contributed by atoms with Gasteiger partial charge in [0.1, 0.15) is 11.5 Å². The number of benzene rings is 1. The van der Waals surface area contributed by atoms with E-state index in [2.05, 4.69) is 10.3 Å². The molecule has 112 valence electrons. The molecule has 0 spiro atoms. The quantitative estimate of drug-likeness (QED) is 0.805. The molecular formula is C16H13ClFN3O. The molecule has 1 amide bonds. The van der Waals surface area contributed by atoms with Crippen molar-refractivity contribution in [1.82, 2.24) is 14.7 Å². The highest BCUT2D eigenvalue weighted by Gasteiger charge is 2.15. The van der Waals surface area contributed by atoms with Crippen LogP contribution in [-0.2, 0) is 6.54 Å². The molecule has 0 fully saturated rings. The first-order chi connectivity index (χ1) is 10.6. The zero-order chi connectivity index (χ0) is 15.7. The molecule has 0 aliphatic carbocycles. The van der Waals surface area contributed by atoms with Crippen LogP contribution in [0.2, 0.25) is 5.02 Å². The highest BCUT2D eigenvalue weighted by atomic mass is 35.5. The van der Waals surface area contributed by atoms with Gasteiger partial charge in [0.25, 0.3) is 5.91 Å². The van der Waals surface area contributed by atoms with Crippen molar-refractivity contribution in [2.75, 3.05) is 0 Å². The van der Waals surface area contributed by atoms with E-state index in [-0.39, 0.29) is 17.1 Å². The summed E-state index contributed by atoms with van der Waals surface area (Å²) in [5.41, 5.74) is 2.38. The summed E-state index contributed by atoms with van der Waals surface area (Å²) in [6.07, 6.45) is 1.84. The minimum Gasteiger partial charge on any atom is -0.346 e. The summed E-state index contributed by atoms with van der Waals surface area (Å²) in [4.78, 5) is 16.5. The number of amides is 1. The van der Waals surface area contributed by atoms with E-state index in [1.807, 2.05) is 35.7 Å². The molecule has 0 saturated carbocycles. The van der Waals surface area contributed by atoms with Gasteiger partial charge in [0.15, 0.2) is 0 Å². The van der Waals surface area contributed by atoms with E-state index >= 15 is 0 Å². The zero-order valence-electron chi connectivity index (χ0n) is 11.8. The van der Waals surface area contributed by atoms with Gasteiger partial charge in [-0.2, -0.15) is 0 Å². The van der Waals surface area contributed by atoms with Crippen LogP contribution in [0, 0.1) is 12.7 Å². The third-order valence-electron chi connectivity index (χ3n) is 3.37. The second-order valence-electron chi connectivity index (χ2n) is 4.91. The van der Waals surface area contributed by atoms with Gasteiger partial charge in [-0.15, -0.1) is 0 Å². The molecule has 2 heterocycles. The summed E-state index contributed by atoms with van der Waals surface area (Å²) in [6, 6.07) is 9.91. The Bertz CT molecular complexity index is 839. The zero-order valence-corrected chi connectivity index (χ0v) is 12.6. The van der Waals surface area contributed by atoms with Gasteiger partial charge in [-0.25, -0.2) is 9.37 Å². The predicted molar refractivity (Wildman–Crippen MR) is 82.5 cm³/mol. The first-order valence-corrected chi connectivity index (χ1v) is 7.10. The first-order valence-electron chi connectivity index (χ1n) is 6.72. The maximum atomic E-state index is 13.7. The topological polar surface area (TPSA) is 46.4 Å². The summed E-state index contributed by atoms with van der Waals surface area (Å²) in [6.45, 7) is 2.17. The molecule has 22 heavy (non-hydrogen) atoms. The fraction of sp³-hybridized carbons (Fsp3) is 0.125. The van der Waals surface area contributed by atoms with Gasteiger partial charge in [0, 0.05) is 11.9 Å². The largest absolute Gasteiger partial charge is 0.346 e. The van der Waals surface area contributed by atoms with E-state index in [1.54, 1.807) is 0 Å². The summed E-state index contributed by atoms with van der Waals surface area (Å²) >= 11 is 5.87. The highest BCUT2D eigenvalue weighted by molar-refractivity contribution is 6.33. The Labute approximate surface area is 131 Å². The number of halogens is 2. The lowest BCUT2D eigenvalue weighted by atomic mass is 10.2. The summed E-state index contributed by atoms with van der Waals surface area (Å²) in [5, 5.41) is 2.72. The Morgan fingerprint density at radius 2 is 2.09 bits per heavy atom. The SMILES string of the molecule is Cc1cccc2nc(CNC(=O)c3c(F)cccc3Cl)cn12. The Hall–Kier alpha value is -2.40. The highest BCUT2D eigenvalue weighted by Crippen LogP contribution is 2.18. The smallest absolute Gasteiger partial charge is 0.256 e. The maximum Gasteiger partial charge on any atom is 0.256 e. The normalized spacial score (nSPS) is 10.9. The van der Waals surface area contributed by atoms with Crippen LogP contribution < -0.4 is 5.32 Å². The molecule has 6 heteroatoms. The first kappa shape index (κ1) is 14.5. The third-order valence-corrected chi connectivity index (χ3v) is 3.68. The lowest BCUT2D eigenvalue weighted by Gasteiger charge is -2.06. The van der Waals surface area contributed by atoms with Crippen LogP contribution in [0.4, 0.5) is 4.39 Å². The number of aryl methyl sites for hydroxylation is 1. The van der Waals surface area contributed by atoms with Crippen molar-refractivity contribution in [3.63, 3.8) is 0 Å². The Kier molecular flexibility index (Phi) is 3.81. The Morgan fingerprint density at radius 1 is 1.32 bits per heavy atom. The number of imidazole rings is 1. The molecule has 0 radical (unpaired) electrons. The number of carbonyl (C=O) groups is 1. The number of hydrogen-bond donors (Lipinski definition) is 1. The van der Waals surface area contributed by atoms with Gasteiger partial charge in [0.2, 0.25) is 0 Å². The number of fused-ring (bicyclic) bond motifs is 1. The molecule has 3 rings (SSSR count). The Balaban J connectivity index is 1.79. The molecular weight excluding hydrogens is 305 g/mol. The van der Waals surface area contributed by atoms with Crippen LogP contribution in [0.25, 0.3) is 5.65 Å². The van der Waals surface area contributed by atoms with E-state index in [0.29, 0.717) is 5.69 Å². The molecule has 1 aromatic carbocycles. The van der Waals surface area contributed by atoms with Crippen molar-refractivity contribution < 1.29 is 9.18 Å². The van der Waals surface area contributed by atoms with Gasteiger partial charge < -0.3 is 9.72 Å². The number of rotatable bonds is 3. The molecule has 0 unspecified atom stereocenters. The fourth-order valence-corrected chi connectivity index (χ4v) is 2.51. The van der Waals surface area contributed by atoms with Crippen LogP contribution in [-0.4, -0.2) is 15.3 Å². The molecule has 4 nitrogen and oxygen atoms in total. The second kappa shape index (κ2) is 5.77. The maximum absolute atomic E-state index is 13.7. The van der Waals surface area contributed by atoms with E-state index in [4.69, 9.17) is 11.6 Å². The number of hydrogen-bond acceptors (Lipinski definition) is 2. The lowest BCUT2D eigenvalue weighted by molar-refractivity contribution is 0.0946. The summed E-state index contributed by atoms with van der Waals surface area (Å²) < 4.78 is 15.6. The van der Waals surface area contributed by atoms with Crippen molar-refractivity contribution in [3.05, 3.63) is 70.4 Å². The number of carbonyl (C=O) groups excluding carboxylic acids is 1. The van der Waals surface area contributed by atoms with E-state index < -0.39 is 11.7 Å². The van der Waals surface area contributed by atoms with Crippen molar-refractivity contribution in [1.29, 1.82) is 0 Å². The number of pyridine rings is 1. The van der Waals surface area contributed by atoms with Gasteiger partial charge in [-0.3, -0.25) is 4.79 Å².